The monoisotopic (exact) mass is 540 g/mol. The Morgan fingerprint density at radius 1 is 0.973 bits per heavy atom. The second kappa shape index (κ2) is 10.1. The lowest BCUT2D eigenvalue weighted by Gasteiger charge is -2.44. The molecule has 1 fully saturated rings. The van der Waals surface area contributed by atoms with E-state index in [2.05, 4.69) is 15.6 Å². The van der Waals surface area contributed by atoms with Crippen molar-refractivity contribution in [1.29, 1.82) is 0 Å². The summed E-state index contributed by atoms with van der Waals surface area (Å²) in [4.78, 5) is 41.1. The first-order chi connectivity index (χ1) is 17.7. The van der Waals surface area contributed by atoms with Gasteiger partial charge in [-0.15, -0.1) is 0 Å². The Balaban J connectivity index is 1.31. The van der Waals surface area contributed by atoms with E-state index in [1.165, 1.54) is 10.6 Å². The zero-order valence-electron chi connectivity index (χ0n) is 19.6. The average molecular weight is 541 g/mol. The highest BCUT2D eigenvalue weighted by Crippen LogP contribution is 2.44. The van der Waals surface area contributed by atoms with Crippen LogP contribution in [0, 0.1) is 0 Å². The first kappa shape index (κ1) is 25.1. The minimum absolute atomic E-state index is 0.0594. The summed E-state index contributed by atoms with van der Waals surface area (Å²) in [5.41, 5.74) is 1.91. The van der Waals surface area contributed by atoms with Crippen LogP contribution in [0.25, 0.3) is 16.6 Å². The molecule has 5 N–H and O–H groups in total. The van der Waals surface area contributed by atoms with Crippen molar-refractivity contribution in [2.75, 3.05) is 11.5 Å². The van der Waals surface area contributed by atoms with Crippen LogP contribution in [0.5, 0.6) is 0 Å². The molecule has 2 aromatic carbocycles. The largest absolute Gasteiger partial charge is 0.360 e. The highest BCUT2D eigenvalue weighted by atomic mass is 35.5. The molecule has 0 saturated carbocycles. The fraction of sp³-hybridized carbons (Fsp3) is 0.192. The van der Waals surface area contributed by atoms with Gasteiger partial charge in [0.1, 0.15) is 0 Å². The number of H-pyrrole nitrogens is 1. The number of hydrogen-bond acceptors (Lipinski definition) is 5. The predicted molar refractivity (Wildman–Crippen MR) is 145 cm³/mol. The standard InChI is InChI=1S/C26H25ClN4O5S/c27-20-14-28-22-13-17(6-9-19(20)22)26(34)30-23-15-37(35,36)12-10-21(23)29-25(33)16-4-7-18(8-5-16)31-11-2-1-3-24(31)32/h1-9,11,13-14,21,23,28,35-36H,10,12,15H2,(H,29,33)(H,30,34). The van der Waals surface area contributed by atoms with E-state index < -0.39 is 28.6 Å². The Morgan fingerprint density at radius 3 is 2.43 bits per heavy atom. The van der Waals surface area contributed by atoms with Gasteiger partial charge in [-0.05, 0) is 48.9 Å². The molecule has 37 heavy (non-hydrogen) atoms. The second-order valence-corrected chi connectivity index (χ2v) is 11.7. The summed E-state index contributed by atoms with van der Waals surface area (Å²) < 4.78 is 22.1. The third-order valence-electron chi connectivity index (χ3n) is 6.44. The van der Waals surface area contributed by atoms with Crippen molar-refractivity contribution >= 4 is 44.9 Å². The number of nitrogens with zero attached hydrogens (tertiary/aromatic N) is 1. The molecule has 0 radical (unpaired) electrons. The Morgan fingerprint density at radius 2 is 1.68 bits per heavy atom. The number of amides is 2. The zero-order chi connectivity index (χ0) is 26.2. The summed E-state index contributed by atoms with van der Waals surface area (Å²) in [6.45, 7) is 0. The average Bonchev–Trinajstić information content (AvgIpc) is 3.25. The van der Waals surface area contributed by atoms with E-state index in [-0.39, 0.29) is 23.0 Å². The molecular formula is C26H25ClN4O5S. The Kier molecular flexibility index (Phi) is 6.82. The van der Waals surface area contributed by atoms with Gasteiger partial charge in [0.05, 0.1) is 22.9 Å². The van der Waals surface area contributed by atoms with Gasteiger partial charge in [0, 0.05) is 51.9 Å². The first-order valence-corrected chi connectivity index (χ1v) is 13.9. The maximum atomic E-state index is 13.0. The lowest BCUT2D eigenvalue weighted by Crippen LogP contribution is -2.57. The Bertz CT molecular complexity index is 1530. The molecule has 0 spiro atoms. The molecule has 1 aliphatic rings. The molecule has 1 aliphatic heterocycles. The minimum Gasteiger partial charge on any atom is -0.360 e. The number of pyridine rings is 1. The van der Waals surface area contributed by atoms with Gasteiger partial charge in [0.2, 0.25) is 0 Å². The number of nitrogens with one attached hydrogen (secondary N) is 3. The lowest BCUT2D eigenvalue weighted by atomic mass is 10.0. The summed E-state index contributed by atoms with van der Waals surface area (Å²) in [7, 11) is -2.89. The van der Waals surface area contributed by atoms with Crippen molar-refractivity contribution in [2.45, 2.75) is 18.5 Å². The van der Waals surface area contributed by atoms with Crippen molar-refractivity contribution in [3.8, 4) is 5.69 Å². The van der Waals surface area contributed by atoms with Crippen LogP contribution in [0.2, 0.25) is 5.02 Å². The van der Waals surface area contributed by atoms with E-state index >= 15 is 0 Å². The number of carbonyl (C=O) groups excluding carboxylic acids is 2. The third kappa shape index (κ3) is 5.42. The van der Waals surface area contributed by atoms with Gasteiger partial charge in [0.15, 0.2) is 0 Å². The number of fused-ring (bicyclic) bond motifs is 1. The second-order valence-electron chi connectivity index (χ2n) is 8.97. The molecule has 2 unspecified atom stereocenters. The molecule has 2 atom stereocenters. The summed E-state index contributed by atoms with van der Waals surface area (Å²) in [5.74, 6) is -0.688. The van der Waals surface area contributed by atoms with Gasteiger partial charge in [-0.3, -0.25) is 28.1 Å². The quantitative estimate of drug-likeness (QED) is 0.260. The number of aromatic amines is 1. The highest BCUT2D eigenvalue weighted by molar-refractivity contribution is 8.24. The molecule has 192 valence electrons. The molecule has 0 aliphatic carbocycles. The maximum absolute atomic E-state index is 13.0. The van der Waals surface area contributed by atoms with Crippen LogP contribution in [0.15, 0.2) is 77.9 Å². The van der Waals surface area contributed by atoms with Crippen LogP contribution >= 0.6 is 22.2 Å². The Hall–Kier alpha value is -3.57. The number of hydrogen-bond donors (Lipinski definition) is 5. The van der Waals surface area contributed by atoms with Crippen LogP contribution in [-0.4, -0.2) is 54.1 Å². The molecule has 3 heterocycles. The summed E-state index contributed by atoms with van der Waals surface area (Å²) in [6.07, 6.45) is 3.58. The molecule has 2 aromatic heterocycles. The van der Waals surface area contributed by atoms with E-state index in [9.17, 15) is 23.5 Å². The van der Waals surface area contributed by atoms with E-state index in [4.69, 9.17) is 11.6 Å². The molecular weight excluding hydrogens is 516 g/mol. The van der Waals surface area contributed by atoms with Crippen molar-refractivity contribution in [3.63, 3.8) is 0 Å². The number of halogens is 1. The molecule has 11 heteroatoms. The van der Waals surface area contributed by atoms with Gasteiger partial charge < -0.3 is 15.6 Å². The van der Waals surface area contributed by atoms with Crippen molar-refractivity contribution in [1.82, 2.24) is 20.2 Å². The number of carbonyl (C=O) groups is 2. The van der Waals surface area contributed by atoms with Gasteiger partial charge in [0.25, 0.3) is 17.4 Å². The van der Waals surface area contributed by atoms with Gasteiger partial charge >= 0.3 is 0 Å². The van der Waals surface area contributed by atoms with E-state index in [1.807, 2.05) is 0 Å². The SMILES string of the molecule is O=C(NC1CCS(O)(O)CC1NC(=O)c1ccc2c(Cl)c[nH]c2c1)c1ccc(-n2ccccc2=O)cc1. The topological polar surface area (TPSA) is 136 Å². The van der Waals surface area contributed by atoms with Crippen molar-refractivity contribution in [3.05, 3.63) is 99.6 Å². The number of benzene rings is 2. The maximum Gasteiger partial charge on any atom is 0.255 e. The van der Waals surface area contributed by atoms with Gasteiger partial charge in [-0.2, -0.15) is 10.6 Å². The van der Waals surface area contributed by atoms with Crippen molar-refractivity contribution in [2.24, 2.45) is 0 Å². The van der Waals surface area contributed by atoms with Crippen LogP contribution in [0.4, 0.5) is 0 Å². The highest BCUT2D eigenvalue weighted by Gasteiger charge is 2.35. The Labute approximate surface area is 218 Å². The van der Waals surface area contributed by atoms with Gasteiger partial charge in [-0.1, -0.05) is 23.7 Å². The number of aromatic nitrogens is 2. The third-order valence-corrected chi connectivity index (χ3v) is 8.54. The van der Waals surface area contributed by atoms with E-state index in [0.717, 1.165) is 5.39 Å². The van der Waals surface area contributed by atoms with Crippen LogP contribution < -0.4 is 16.2 Å². The van der Waals surface area contributed by atoms with Crippen LogP contribution in [0.1, 0.15) is 27.1 Å². The fourth-order valence-corrected chi connectivity index (χ4v) is 6.38. The molecule has 0 bridgehead atoms. The first-order valence-electron chi connectivity index (χ1n) is 11.6. The van der Waals surface area contributed by atoms with Gasteiger partial charge in [-0.25, -0.2) is 0 Å². The summed E-state index contributed by atoms with van der Waals surface area (Å²) >= 11 is 6.12. The van der Waals surface area contributed by atoms with Crippen LogP contribution in [-0.2, 0) is 0 Å². The molecule has 5 rings (SSSR count). The predicted octanol–water partition coefficient (Wildman–Crippen LogP) is 4.02. The molecule has 4 aromatic rings. The normalized spacial score (nSPS) is 19.8. The molecule has 9 nitrogen and oxygen atoms in total. The minimum atomic E-state index is -2.89. The summed E-state index contributed by atoms with van der Waals surface area (Å²) in [5, 5.41) is 7.14. The van der Waals surface area contributed by atoms with Crippen molar-refractivity contribution < 1.29 is 18.7 Å². The zero-order valence-corrected chi connectivity index (χ0v) is 21.1. The van der Waals surface area contributed by atoms with E-state index in [0.29, 0.717) is 33.8 Å². The lowest BCUT2D eigenvalue weighted by molar-refractivity contribution is 0.0883. The summed E-state index contributed by atoms with van der Waals surface area (Å²) in [6, 6.07) is 15.3. The van der Waals surface area contributed by atoms with E-state index in [1.54, 1.807) is 67.0 Å². The molecule has 2 amide bonds. The molecule has 1 saturated heterocycles. The number of rotatable bonds is 5. The van der Waals surface area contributed by atoms with Crippen LogP contribution in [0.3, 0.4) is 0 Å². The smallest absolute Gasteiger partial charge is 0.255 e. The fourth-order valence-electron chi connectivity index (χ4n) is 4.47.